The van der Waals surface area contributed by atoms with Crippen LogP contribution in [0.3, 0.4) is 0 Å². The van der Waals surface area contributed by atoms with Crippen molar-refractivity contribution in [2.24, 2.45) is 73.6 Å². The van der Waals surface area contributed by atoms with Crippen LogP contribution < -0.4 is 11.5 Å². The number of carbonyl (C=O) groups is 3. The van der Waals surface area contributed by atoms with Gasteiger partial charge in [0.05, 0.1) is 0 Å². The van der Waals surface area contributed by atoms with E-state index < -0.39 is 79.9 Å². The van der Waals surface area contributed by atoms with Crippen LogP contribution in [0.5, 0.6) is 0 Å². The highest BCUT2D eigenvalue weighted by Crippen LogP contribution is 2.83. The summed E-state index contributed by atoms with van der Waals surface area (Å²) >= 11 is 0. The molecule has 58 heavy (non-hydrogen) atoms. The standard InChI is InChI=1S/C48H57N3O7/c1-24(40(54)55)20-46(56)29-16-14-27-19-28-21-47(57)30(15-13-26-11-9-8-10-12-26)38-42(3,4)33(53)17-18-43(38,5)36-32(52)22-44(6)35(25(2)31(46)23-51-41(49)50)37(34(27)29)48(28,58)45(44,7)39(36)47/h8-13,15-16,20-21,25,30-31,35,37-38,56-58H,14,17-19,22-23H2,1-7H3,(H,54,55)(H4,49,50,51)/b15-13+,24-20+/t25-,30+,31-,35+,37-,38-,43-,44-,45+,46+,47-,48+/m1/s1. The van der Waals surface area contributed by atoms with Crippen LogP contribution in [0, 0.1) is 57.2 Å². The van der Waals surface area contributed by atoms with E-state index in [9.17, 15) is 30.0 Å². The molecule has 12 atom stereocenters. The molecular formula is C48H57N3O7. The van der Waals surface area contributed by atoms with Crippen LogP contribution in [0.4, 0.5) is 0 Å². The molecule has 9 rings (SSSR count). The highest BCUT2D eigenvalue weighted by atomic mass is 16.4. The summed E-state index contributed by atoms with van der Waals surface area (Å²) in [5.41, 5.74) is 8.02. The Kier molecular flexibility index (Phi) is 8.01. The largest absolute Gasteiger partial charge is 0.478 e. The number of nitrogens with zero attached hydrogens (tertiary/aromatic N) is 1. The lowest BCUT2D eigenvalue weighted by Crippen LogP contribution is -2.71. The van der Waals surface area contributed by atoms with Crippen LogP contribution in [-0.4, -0.2) is 67.3 Å². The molecule has 1 aromatic rings. The SMILES string of the molecule is C/C(=C\[C@]1(O)C2=CCC3=C2[C@@H]2[C@H]([C@H](C)[C@H]1CN=C(N)N)[C@@]1(C)CC(=O)C4=C5[C@]1(C)[C@]2(O)C(=C[C@@]5(O)[C@@H](/C=C/c1ccccc1)[C@@H]1C(C)(C)C(=O)CC[C@]41C)C3)C(=O)O. The Bertz CT molecular complexity index is 2330. The van der Waals surface area contributed by atoms with Gasteiger partial charge < -0.3 is 31.9 Å². The predicted octanol–water partition coefficient (Wildman–Crippen LogP) is 5.60. The molecule has 10 nitrogen and oxygen atoms in total. The van der Waals surface area contributed by atoms with Gasteiger partial charge in [-0.2, -0.15) is 0 Å². The molecule has 0 amide bonds. The highest BCUT2D eigenvalue weighted by Gasteiger charge is 2.84. The van der Waals surface area contributed by atoms with Crippen molar-refractivity contribution in [3.63, 3.8) is 0 Å². The first-order valence-corrected chi connectivity index (χ1v) is 20.9. The number of aliphatic imine (C=N–C) groups is 1. The Morgan fingerprint density at radius 1 is 1.03 bits per heavy atom. The van der Waals surface area contributed by atoms with Crippen molar-refractivity contribution >= 4 is 29.6 Å². The molecule has 8 aliphatic carbocycles. The molecule has 3 fully saturated rings. The summed E-state index contributed by atoms with van der Waals surface area (Å²) in [6, 6.07) is 9.89. The van der Waals surface area contributed by atoms with Gasteiger partial charge in [-0.3, -0.25) is 14.6 Å². The number of carboxylic acids is 1. The van der Waals surface area contributed by atoms with Crippen molar-refractivity contribution in [3.05, 3.63) is 99.2 Å². The number of Topliss-reactive ketones (excluding diaryl/α,β-unsaturated/α-hetero) is 2. The molecule has 306 valence electrons. The fourth-order valence-corrected chi connectivity index (χ4v) is 15.2. The molecule has 0 radical (unpaired) electrons. The molecule has 0 bridgehead atoms. The smallest absolute Gasteiger partial charge is 0.331 e. The maximum Gasteiger partial charge on any atom is 0.331 e. The first-order valence-electron chi connectivity index (χ1n) is 20.9. The molecule has 3 saturated carbocycles. The summed E-state index contributed by atoms with van der Waals surface area (Å²) in [4.78, 5) is 46.4. The van der Waals surface area contributed by atoms with Gasteiger partial charge in [-0.15, -0.1) is 0 Å². The number of carbonyl (C=O) groups excluding carboxylic acids is 2. The Labute approximate surface area is 340 Å². The summed E-state index contributed by atoms with van der Waals surface area (Å²) in [7, 11) is 0. The van der Waals surface area contributed by atoms with Crippen molar-refractivity contribution in [2.45, 2.75) is 97.4 Å². The molecule has 0 spiro atoms. The number of hydrogen-bond donors (Lipinski definition) is 6. The number of guanidine groups is 1. The van der Waals surface area contributed by atoms with E-state index in [0.717, 1.165) is 16.7 Å². The summed E-state index contributed by atoms with van der Waals surface area (Å²) in [5.74, 6) is -4.63. The number of rotatable bonds is 6. The van der Waals surface area contributed by atoms with E-state index in [4.69, 9.17) is 11.5 Å². The summed E-state index contributed by atoms with van der Waals surface area (Å²) in [6.07, 6.45) is 11.0. The van der Waals surface area contributed by atoms with Gasteiger partial charge in [-0.05, 0) is 89.4 Å². The number of fused-ring (bicyclic) bond motifs is 3. The molecule has 0 unspecified atom stereocenters. The maximum absolute atomic E-state index is 15.5. The number of carboxylic acid groups (broad SMARTS) is 1. The molecule has 0 aromatic heterocycles. The van der Waals surface area contributed by atoms with Crippen LogP contribution in [0.1, 0.15) is 86.1 Å². The van der Waals surface area contributed by atoms with Crippen LogP contribution in [0.2, 0.25) is 0 Å². The molecule has 8 N–H and O–H groups in total. The van der Waals surface area contributed by atoms with Gasteiger partial charge in [0, 0.05) is 64.5 Å². The van der Waals surface area contributed by atoms with Crippen LogP contribution in [0.25, 0.3) is 6.08 Å². The van der Waals surface area contributed by atoms with Crippen molar-refractivity contribution in [1.82, 2.24) is 0 Å². The number of aliphatic hydroxyl groups is 3. The number of allylic oxidation sites excluding steroid dienone is 3. The Balaban J connectivity index is 1.38. The van der Waals surface area contributed by atoms with Crippen molar-refractivity contribution in [2.75, 3.05) is 6.54 Å². The summed E-state index contributed by atoms with van der Waals surface area (Å²) in [5, 5.41) is 51.5. The molecule has 1 aromatic carbocycles. The van der Waals surface area contributed by atoms with E-state index in [2.05, 4.69) is 31.8 Å². The zero-order valence-corrected chi connectivity index (χ0v) is 34.6. The van der Waals surface area contributed by atoms with Crippen molar-refractivity contribution in [1.29, 1.82) is 0 Å². The van der Waals surface area contributed by atoms with E-state index in [1.165, 1.54) is 13.0 Å². The first kappa shape index (κ1) is 39.1. The van der Waals surface area contributed by atoms with Gasteiger partial charge in [-0.1, -0.05) is 95.7 Å². The summed E-state index contributed by atoms with van der Waals surface area (Å²) in [6.45, 7) is 13.7. The quantitative estimate of drug-likeness (QED) is 0.0920. The fourth-order valence-electron chi connectivity index (χ4n) is 15.2. The lowest BCUT2D eigenvalue weighted by molar-refractivity contribution is -0.164. The average molecular weight is 788 g/mol. The van der Waals surface area contributed by atoms with Gasteiger partial charge in [0.2, 0.25) is 0 Å². The minimum atomic E-state index is -1.82. The first-order chi connectivity index (χ1) is 27.0. The number of ketones is 2. The minimum Gasteiger partial charge on any atom is -0.478 e. The third-order valence-corrected chi connectivity index (χ3v) is 17.5. The third-order valence-electron chi connectivity index (χ3n) is 17.5. The summed E-state index contributed by atoms with van der Waals surface area (Å²) < 4.78 is 0. The molecule has 8 aliphatic rings. The zero-order valence-electron chi connectivity index (χ0n) is 34.6. The Hall–Kier alpha value is -4.38. The van der Waals surface area contributed by atoms with Gasteiger partial charge in [0.25, 0.3) is 0 Å². The Morgan fingerprint density at radius 2 is 1.72 bits per heavy atom. The monoisotopic (exact) mass is 787 g/mol. The lowest BCUT2D eigenvalue weighted by atomic mass is 9.35. The van der Waals surface area contributed by atoms with E-state index in [0.29, 0.717) is 48.0 Å². The third kappa shape index (κ3) is 4.39. The van der Waals surface area contributed by atoms with E-state index in [-0.39, 0.29) is 36.1 Å². The van der Waals surface area contributed by atoms with E-state index in [1.807, 2.05) is 69.3 Å². The number of aliphatic carboxylic acids is 1. The highest BCUT2D eigenvalue weighted by molar-refractivity contribution is 6.02. The van der Waals surface area contributed by atoms with Crippen LogP contribution >= 0.6 is 0 Å². The number of nitrogens with two attached hydrogens (primary N) is 2. The molecule has 0 aliphatic heterocycles. The molecule has 0 saturated heterocycles. The zero-order chi connectivity index (χ0) is 41.9. The molecule has 10 heteroatoms. The van der Waals surface area contributed by atoms with Gasteiger partial charge in [0.1, 0.15) is 22.6 Å². The van der Waals surface area contributed by atoms with Gasteiger partial charge >= 0.3 is 5.97 Å². The topological polar surface area (TPSA) is 197 Å². The minimum absolute atomic E-state index is 0.0263. The number of benzene rings is 1. The molecular weight excluding hydrogens is 731 g/mol. The van der Waals surface area contributed by atoms with E-state index in [1.54, 1.807) is 0 Å². The molecule has 0 heterocycles. The lowest BCUT2D eigenvalue weighted by Gasteiger charge is -2.69. The van der Waals surface area contributed by atoms with Crippen LogP contribution in [-0.2, 0) is 14.4 Å². The average Bonchev–Trinajstić information content (AvgIpc) is 3.61. The van der Waals surface area contributed by atoms with E-state index >= 15 is 4.79 Å². The second-order valence-electron chi connectivity index (χ2n) is 20.2. The fraction of sp³-hybridized carbons (Fsp3) is 0.542. The maximum atomic E-state index is 15.5. The number of hydrogen-bond acceptors (Lipinski definition) is 7. The van der Waals surface area contributed by atoms with Crippen molar-refractivity contribution < 1.29 is 34.8 Å². The van der Waals surface area contributed by atoms with Gasteiger partial charge in [0.15, 0.2) is 11.7 Å². The Morgan fingerprint density at radius 3 is 2.38 bits per heavy atom. The second-order valence-corrected chi connectivity index (χ2v) is 20.2. The normalized spacial score (nSPS) is 44.4. The predicted molar refractivity (Wildman–Crippen MR) is 220 cm³/mol. The second kappa shape index (κ2) is 11.9. The van der Waals surface area contributed by atoms with Gasteiger partial charge in [-0.25, -0.2) is 4.79 Å². The van der Waals surface area contributed by atoms with Crippen LogP contribution in [0.15, 0.2) is 98.6 Å². The van der Waals surface area contributed by atoms with Crippen molar-refractivity contribution in [3.8, 4) is 0 Å².